The Kier molecular flexibility index (Phi) is 5.01. The Morgan fingerprint density at radius 3 is 2.54 bits per heavy atom. The topological polar surface area (TPSA) is 53.2 Å². The summed E-state index contributed by atoms with van der Waals surface area (Å²) < 4.78 is 26.7. The minimum Gasteiger partial charge on any atom is -0.350 e. The third kappa shape index (κ3) is 3.30. The molecule has 0 spiro atoms. The first-order valence-corrected chi connectivity index (χ1v) is 7.98. The van der Waals surface area contributed by atoms with Gasteiger partial charge in [-0.05, 0) is 34.9 Å². The lowest BCUT2D eigenvalue weighted by atomic mass is 9.97. The quantitative estimate of drug-likeness (QED) is 0.724. The number of nitrogens with one attached hydrogen (secondary N) is 3. The summed E-state index contributed by atoms with van der Waals surface area (Å²) in [5.74, 6) is 1.76. The number of amides is 1. The Balaban J connectivity index is 1.80. The predicted molar refractivity (Wildman–Crippen MR) is 95.8 cm³/mol. The average molecular weight is 353 g/mol. The lowest BCUT2D eigenvalue weighted by Gasteiger charge is -2.25. The number of hydrogen-bond acceptors (Lipinski definition) is 3. The highest BCUT2D eigenvalue weighted by Gasteiger charge is 2.47. The summed E-state index contributed by atoms with van der Waals surface area (Å²) in [4.78, 5) is 12.3. The average Bonchev–Trinajstić information content (AvgIpc) is 3.18. The fourth-order valence-corrected chi connectivity index (χ4v) is 2.76. The molecule has 0 saturated carbocycles. The van der Waals surface area contributed by atoms with E-state index >= 15 is 0 Å². The summed E-state index contributed by atoms with van der Waals surface area (Å²) in [6, 6.07) is 14.9. The van der Waals surface area contributed by atoms with Gasteiger partial charge in [0.1, 0.15) is 0 Å². The van der Waals surface area contributed by atoms with Gasteiger partial charge in [0, 0.05) is 18.3 Å². The molecule has 0 radical (unpaired) electrons. The van der Waals surface area contributed by atoms with Gasteiger partial charge in [0.05, 0.1) is 0 Å². The van der Waals surface area contributed by atoms with Crippen molar-refractivity contribution in [2.75, 3.05) is 0 Å². The Morgan fingerprint density at radius 2 is 1.92 bits per heavy atom. The van der Waals surface area contributed by atoms with E-state index in [9.17, 15) is 13.6 Å². The summed E-state index contributed by atoms with van der Waals surface area (Å²) >= 11 is 0. The van der Waals surface area contributed by atoms with E-state index in [2.05, 4.69) is 22.1 Å². The molecule has 132 valence electrons. The van der Waals surface area contributed by atoms with Crippen LogP contribution in [0.15, 0.2) is 60.8 Å². The number of halogens is 2. The Hall–Kier alpha value is -3.17. The van der Waals surface area contributed by atoms with E-state index in [1.165, 1.54) is 6.20 Å². The number of alkyl halides is 2. The molecule has 1 amide bonds. The van der Waals surface area contributed by atoms with Crippen LogP contribution in [0, 0.1) is 12.3 Å². The van der Waals surface area contributed by atoms with Gasteiger partial charge >= 0.3 is 0 Å². The molecule has 0 aliphatic carbocycles. The molecule has 3 rings (SSSR count). The maximum absolute atomic E-state index is 13.4. The Bertz CT molecular complexity index is 871. The van der Waals surface area contributed by atoms with Crippen molar-refractivity contribution in [3.05, 3.63) is 71.9 Å². The summed E-state index contributed by atoms with van der Waals surface area (Å²) in [5, 5.41) is 2.59. The molecule has 1 aliphatic heterocycles. The molecular weight excluding hydrogens is 336 g/mol. The molecule has 0 aromatic heterocycles. The van der Waals surface area contributed by atoms with Crippen molar-refractivity contribution < 1.29 is 13.6 Å². The van der Waals surface area contributed by atoms with Crippen molar-refractivity contribution in [1.29, 1.82) is 0 Å². The van der Waals surface area contributed by atoms with Crippen LogP contribution >= 0.6 is 0 Å². The van der Waals surface area contributed by atoms with Gasteiger partial charge in [-0.3, -0.25) is 4.79 Å². The smallest absolute Gasteiger partial charge is 0.270 e. The van der Waals surface area contributed by atoms with Gasteiger partial charge in [0.25, 0.3) is 12.3 Å². The molecule has 0 fully saturated rings. The SMILES string of the molecule is C#Cc1ccc(-c2ccccc2CNC(=O)C2(C(F)F)C=CNN2)cc1. The van der Waals surface area contributed by atoms with E-state index in [4.69, 9.17) is 6.42 Å². The van der Waals surface area contributed by atoms with Crippen LogP contribution in [-0.4, -0.2) is 17.9 Å². The fourth-order valence-electron chi connectivity index (χ4n) is 2.76. The van der Waals surface area contributed by atoms with Gasteiger partial charge in [-0.25, -0.2) is 14.2 Å². The van der Waals surface area contributed by atoms with Gasteiger partial charge in [-0.1, -0.05) is 42.3 Å². The van der Waals surface area contributed by atoms with Crippen LogP contribution in [0.4, 0.5) is 8.78 Å². The maximum atomic E-state index is 13.4. The second kappa shape index (κ2) is 7.38. The number of benzene rings is 2. The molecule has 1 aliphatic rings. The molecule has 0 bridgehead atoms. The zero-order valence-corrected chi connectivity index (χ0v) is 13.8. The largest absolute Gasteiger partial charge is 0.350 e. The molecule has 1 atom stereocenters. The zero-order chi connectivity index (χ0) is 18.6. The van der Waals surface area contributed by atoms with E-state index in [0.717, 1.165) is 28.3 Å². The summed E-state index contributed by atoms with van der Waals surface area (Å²) in [5.41, 5.74) is 6.10. The number of hydrogen-bond donors (Lipinski definition) is 3. The second-order valence-corrected chi connectivity index (χ2v) is 5.83. The van der Waals surface area contributed by atoms with Crippen molar-refractivity contribution in [2.24, 2.45) is 0 Å². The standard InChI is InChI=1S/C20H17F2N3O/c1-2-14-7-9-15(10-8-14)17-6-4-3-5-16(17)13-23-19(26)20(18(21)22)11-12-24-25-20/h1,3-12,18,24-25H,13H2,(H,23,26). The van der Waals surface area contributed by atoms with E-state index in [0.29, 0.717) is 0 Å². The molecule has 26 heavy (non-hydrogen) atoms. The van der Waals surface area contributed by atoms with Gasteiger partial charge in [0.15, 0.2) is 5.54 Å². The number of carbonyl (C=O) groups excluding carboxylic acids is 1. The van der Waals surface area contributed by atoms with Crippen molar-refractivity contribution in [3.63, 3.8) is 0 Å². The fraction of sp³-hybridized carbons (Fsp3) is 0.150. The van der Waals surface area contributed by atoms with Crippen LogP contribution in [-0.2, 0) is 11.3 Å². The van der Waals surface area contributed by atoms with Crippen molar-refractivity contribution in [3.8, 4) is 23.5 Å². The molecular formula is C20H17F2N3O. The highest BCUT2D eigenvalue weighted by Crippen LogP contribution is 2.25. The lowest BCUT2D eigenvalue weighted by molar-refractivity contribution is -0.131. The highest BCUT2D eigenvalue weighted by molar-refractivity contribution is 5.89. The summed E-state index contributed by atoms with van der Waals surface area (Å²) in [6.45, 7) is 0.121. The van der Waals surface area contributed by atoms with Crippen LogP contribution in [0.25, 0.3) is 11.1 Å². The number of hydrazine groups is 1. The minimum atomic E-state index is -2.89. The Labute approximate surface area is 150 Å². The van der Waals surface area contributed by atoms with Crippen molar-refractivity contribution in [1.82, 2.24) is 16.2 Å². The van der Waals surface area contributed by atoms with E-state index < -0.39 is 17.9 Å². The first kappa shape index (κ1) is 17.6. The number of rotatable bonds is 5. The van der Waals surface area contributed by atoms with Gasteiger partial charge < -0.3 is 10.7 Å². The van der Waals surface area contributed by atoms with E-state index in [1.807, 2.05) is 48.5 Å². The lowest BCUT2D eigenvalue weighted by Crippen LogP contribution is -2.60. The third-order valence-corrected chi connectivity index (χ3v) is 4.25. The van der Waals surface area contributed by atoms with Crippen LogP contribution in [0.5, 0.6) is 0 Å². The van der Waals surface area contributed by atoms with E-state index in [1.54, 1.807) is 0 Å². The molecule has 2 aromatic rings. The minimum absolute atomic E-state index is 0.121. The third-order valence-electron chi connectivity index (χ3n) is 4.25. The molecule has 3 N–H and O–H groups in total. The first-order valence-electron chi connectivity index (χ1n) is 7.98. The van der Waals surface area contributed by atoms with Crippen molar-refractivity contribution in [2.45, 2.75) is 18.5 Å². The summed E-state index contributed by atoms with van der Waals surface area (Å²) in [7, 11) is 0. The van der Waals surface area contributed by atoms with Crippen LogP contribution in [0.2, 0.25) is 0 Å². The monoisotopic (exact) mass is 353 g/mol. The highest BCUT2D eigenvalue weighted by atomic mass is 19.3. The maximum Gasteiger partial charge on any atom is 0.270 e. The molecule has 2 aromatic carbocycles. The zero-order valence-electron chi connectivity index (χ0n) is 13.8. The Morgan fingerprint density at radius 1 is 1.19 bits per heavy atom. The number of terminal acetylenes is 1. The normalized spacial score (nSPS) is 18.4. The van der Waals surface area contributed by atoms with E-state index in [-0.39, 0.29) is 6.54 Å². The number of carbonyl (C=O) groups is 1. The molecule has 0 saturated heterocycles. The van der Waals surface area contributed by atoms with Crippen LogP contribution in [0.3, 0.4) is 0 Å². The van der Waals surface area contributed by atoms with Gasteiger partial charge in [-0.15, -0.1) is 6.42 Å². The molecule has 1 heterocycles. The first-order chi connectivity index (χ1) is 12.6. The predicted octanol–water partition coefficient (Wildman–Crippen LogP) is 2.58. The van der Waals surface area contributed by atoms with Gasteiger partial charge in [-0.2, -0.15) is 0 Å². The van der Waals surface area contributed by atoms with Crippen LogP contribution in [0.1, 0.15) is 11.1 Å². The molecule has 6 heteroatoms. The van der Waals surface area contributed by atoms with Gasteiger partial charge in [0.2, 0.25) is 0 Å². The van der Waals surface area contributed by atoms with Crippen molar-refractivity contribution >= 4 is 5.91 Å². The second-order valence-electron chi connectivity index (χ2n) is 5.83. The molecule has 1 unspecified atom stereocenters. The summed E-state index contributed by atoms with van der Waals surface area (Å²) in [6.07, 6.45) is 4.89. The van der Waals surface area contributed by atoms with Crippen LogP contribution < -0.4 is 16.2 Å². The molecule has 4 nitrogen and oxygen atoms in total.